The van der Waals surface area contributed by atoms with Gasteiger partial charge < -0.3 is 10.0 Å². The van der Waals surface area contributed by atoms with E-state index in [1.807, 2.05) is 0 Å². The lowest BCUT2D eigenvalue weighted by Gasteiger charge is -2.39. The number of carbonyl (C=O) groups is 1. The number of nitrogens with zero attached hydrogens (tertiary/aromatic N) is 1. The average molecular weight is 195 g/mol. The molecular formula is C10H10FNO2. The van der Waals surface area contributed by atoms with Crippen LogP contribution in [0.15, 0.2) is 24.3 Å². The third-order valence-electron chi connectivity index (χ3n) is 2.46. The molecule has 0 amide bonds. The van der Waals surface area contributed by atoms with E-state index in [4.69, 9.17) is 5.11 Å². The maximum Gasteiger partial charge on any atom is 0.326 e. The molecule has 1 aromatic rings. The molecule has 0 unspecified atom stereocenters. The van der Waals surface area contributed by atoms with Crippen molar-refractivity contribution in [1.29, 1.82) is 0 Å². The van der Waals surface area contributed by atoms with Gasteiger partial charge >= 0.3 is 5.97 Å². The van der Waals surface area contributed by atoms with Crippen LogP contribution in [-0.4, -0.2) is 23.7 Å². The smallest absolute Gasteiger partial charge is 0.326 e. The van der Waals surface area contributed by atoms with Crippen molar-refractivity contribution in [2.45, 2.75) is 12.5 Å². The van der Waals surface area contributed by atoms with Gasteiger partial charge in [-0.3, -0.25) is 0 Å². The van der Waals surface area contributed by atoms with E-state index in [0.717, 1.165) is 12.2 Å². The highest BCUT2D eigenvalue weighted by atomic mass is 19.1. The Kier molecular flexibility index (Phi) is 2.11. The van der Waals surface area contributed by atoms with E-state index in [1.165, 1.54) is 12.1 Å². The van der Waals surface area contributed by atoms with Gasteiger partial charge in [0.2, 0.25) is 0 Å². The molecule has 1 heterocycles. The van der Waals surface area contributed by atoms with Crippen molar-refractivity contribution in [3.8, 4) is 0 Å². The Morgan fingerprint density at radius 2 is 2.07 bits per heavy atom. The van der Waals surface area contributed by atoms with Gasteiger partial charge in [0.1, 0.15) is 11.9 Å². The van der Waals surface area contributed by atoms with E-state index in [-0.39, 0.29) is 5.82 Å². The van der Waals surface area contributed by atoms with E-state index in [1.54, 1.807) is 17.0 Å². The van der Waals surface area contributed by atoms with Crippen molar-refractivity contribution < 1.29 is 14.3 Å². The molecule has 1 atom stereocenters. The van der Waals surface area contributed by atoms with Crippen molar-refractivity contribution in [2.24, 2.45) is 0 Å². The molecule has 0 radical (unpaired) electrons. The normalized spacial score (nSPS) is 20.4. The fourth-order valence-electron chi connectivity index (χ4n) is 1.59. The van der Waals surface area contributed by atoms with E-state index in [2.05, 4.69) is 0 Å². The summed E-state index contributed by atoms with van der Waals surface area (Å²) >= 11 is 0. The minimum absolute atomic E-state index is 0.304. The standard InChI is InChI=1S/C10H10FNO2/c11-7-1-3-8(4-2-7)12-6-5-9(12)10(13)14/h1-4,9H,5-6H2,(H,13,14)/t9-/m0/s1. The number of hydrogen-bond donors (Lipinski definition) is 1. The number of carboxylic acids is 1. The third-order valence-corrected chi connectivity index (χ3v) is 2.46. The molecule has 1 aromatic carbocycles. The number of rotatable bonds is 2. The first-order valence-corrected chi connectivity index (χ1v) is 4.43. The predicted octanol–water partition coefficient (Wildman–Crippen LogP) is 1.49. The molecule has 0 aliphatic carbocycles. The lowest BCUT2D eigenvalue weighted by Crippen LogP contribution is -2.52. The van der Waals surface area contributed by atoms with Gasteiger partial charge in [0.05, 0.1) is 0 Å². The quantitative estimate of drug-likeness (QED) is 0.777. The van der Waals surface area contributed by atoms with Gasteiger partial charge in [-0.1, -0.05) is 0 Å². The van der Waals surface area contributed by atoms with Gasteiger partial charge in [-0.25, -0.2) is 9.18 Å². The largest absolute Gasteiger partial charge is 0.480 e. The van der Waals surface area contributed by atoms with E-state index >= 15 is 0 Å². The lowest BCUT2D eigenvalue weighted by molar-refractivity contribution is -0.139. The van der Waals surface area contributed by atoms with Gasteiger partial charge in [-0.2, -0.15) is 0 Å². The molecule has 0 spiro atoms. The molecule has 14 heavy (non-hydrogen) atoms. The van der Waals surface area contributed by atoms with Gasteiger partial charge in [0.25, 0.3) is 0 Å². The van der Waals surface area contributed by atoms with Crippen molar-refractivity contribution in [2.75, 3.05) is 11.4 Å². The van der Waals surface area contributed by atoms with Crippen LogP contribution in [0.2, 0.25) is 0 Å². The van der Waals surface area contributed by atoms with Gasteiger partial charge in [0.15, 0.2) is 0 Å². The summed E-state index contributed by atoms with van der Waals surface area (Å²) in [6, 6.07) is 5.44. The van der Waals surface area contributed by atoms with Crippen LogP contribution in [0.25, 0.3) is 0 Å². The summed E-state index contributed by atoms with van der Waals surface area (Å²) in [4.78, 5) is 12.5. The molecule has 2 rings (SSSR count). The van der Waals surface area contributed by atoms with Crippen LogP contribution < -0.4 is 4.90 Å². The van der Waals surface area contributed by atoms with Crippen LogP contribution in [0.3, 0.4) is 0 Å². The van der Waals surface area contributed by atoms with Crippen molar-refractivity contribution in [3.63, 3.8) is 0 Å². The van der Waals surface area contributed by atoms with E-state index in [9.17, 15) is 9.18 Å². The fraction of sp³-hybridized carbons (Fsp3) is 0.300. The van der Waals surface area contributed by atoms with Crippen molar-refractivity contribution >= 4 is 11.7 Å². The zero-order valence-electron chi connectivity index (χ0n) is 7.48. The molecule has 4 heteroatoms. The third kappa shape index (κ3) is 1.43. The molecule has 1 N–H and O–H groups in total. The number of anilines is 1. The maximum absolute atomic E-state index is 12.6. The zero-order valence-corrected chi connectivity index (χ0v) is 7.48. The summed E-state index contributed by atoms with van der Waals surface area (Å²) in [6.07, 6.45) is 0.659. The minimum atomic E-state index is -0.819. The number of carboxylic acid groups (broad SMARTS) is 1. The Bertz CT molecular complexity index is 350. The first kappa shape index (κ1) is 8.99. The number of aliphatic carboxylic acids is 1. The van der Waals surface area contributed by atoms with Crippen LogP contribution in [0.4, 0.5) is 10.1 Å². The van der Waals surface area contributed by atoms with Gasteiger partial charge in [-0.05, 0) is 30.7 Å². The molecular weight excluding hydrogens is 185 g/mol. The number of hydrogen-bond acceptors (Lipinski definition) is 2. The predicted molar refractivity (Wildman–Crippen MR) is 49.8 cm³/mol. The number of halogens is 1. The molecule has 0 bridgehead atoms. The van der Waals surface area contributed by atoms with Crippen molar-refractivity contribution in [3.05, 3.63) is 30.1 Å². The van der Waals surface area contributed by atoms with Crippen molar-refractivity contribution in [1.82, 2.24) is 0 Å². The number of benzene rings is 1. The van der Waals surface area contributed by atoms with Crippen LogP contribution >= 0.6 is 0 Å². The SMILES string of the molecule is O=C(O)[C@@H]1CCN1c1ccc(F)cc1. The first-order chi connectivity index (χ1) is 6.68. The summed E-state index contributed by atoms with van der Waals surface area (Å²) in [5.41, 5.74) is 0.769. The summed E-state index contributed by atoms with van der Waals surface area (Å²) in [5, 5.41) is 8.80. The summed E-state index contributed by atoms with van der Waals surface area (Å²) in [5.74, 6) is -1.12. The first-order valence-electron chi connectivity index (χ1n) is 4.43. The topological polar surface area (TPSA) is 40.5 Å². The molecule has 1 saturated heterocycles. The fourth-order valence-corrected chi connectivity index (χ4v) is 1.59. The maximum atomic E-state index is 12.6. The molecule has 0 aromatic heterocycles. The van der Waals surface area contributed by atoms with Crippen LogP contribution in [0, 0.1) is 5.82 Å². The summed E-state index contributed by atoms with van der Waals surface area (Å²) < 4.78 is 12.6. The summed E-state index contributed by atoms with van der Waals surface area (Å²) in [7, 11) is 0. The van der Waals surface area contributed by atoms with Gasteiger partial charge in [0, 0.05) is 12.2 Å². The minimum Gasteiger partial charge on any atom is -0.480 e. The highest BCUT2D eigenvalue weighted by Crippen LogP contribution is 2.26. The summed E-state index contributed by atoms with van der Waals surface area (Å²) in [6.45, 7) is 0.725. The molecule has 74 valence electrons. The molecule has 1 aliphatic heterocycles. The second-order valence-electron chi connectivity index (χ2n) is 3.31. The second kappa shape index (κ2) is 3.29. The highest BCUT2D eigenvalue weighted by molar-refractivity contribution is 5.80. The Hall–Kier alpha value is -1.58. The van der Waals surface area contributed by atoms with Crippen LogP contribution in [-0.2, 0) is 4.79 Å². The Morgan fingerprint density at radius 1 is 1.43 bits per heavy atom. The molecule has 1 fully saturated rings. The van der Waals surface area contributed by atoms with E-state index < -0.39 is 12.0 Å². The lowest BCUT2D eigenvalue weighted by atomic mass is 10.0. The monoisotopic (exact) mass is 195 g/mol. The Balaban J connectivity index is 2.16. The second-order valence-corrected chi connectivity index (χ2v) is 3.31. The van der Waals surface area contributed by atoms with Crippen LogP contribution in [0.1, 0.15) is 6.42 Å². The Morgan fingerprint density at radius 3 is 2.50 bits per heavy atom. The Labute approximate surface area is 80.8 Å². The average Bonchev–Trinajstić information content (AvgIpc) is 2.05. The molecule has 0 saturated carbocycles. The highest BCUT2D eigenvalue weighted by Gasteiger charge is 2.33. The molecule has 3 nitrogen and oxygen atoms in total. The van der Waals surface area contributed by atoms with Crippen LogP contribution in [0.5, 0.6) is 0 Å². The van der Waals surface area contributed by atoms with E-state index in [0.29, 0.717) is 6.42 Å². The van der Waals surface area contributed by atoms with Gasteiger partial charge in [-0.15, -0.1) is 0 Å². The zero-order chi connectivity index (χ0) is 10.1. The molecule has 1 aliphatic rings.